The Balaban J connectivity index is 1.69. The fourth-order valence-corrected chi connectivity index (χ4v) is 2.41. The summed E-state index contributed by atoms with van der Waals surface area (Å²) >= 11 is 12.0. The number of carbonyl (C=O) groups excluding carboxylic acids is 1. The van der Waals surface area contributed by atoms with Gasteiger partial charge in [0.2, 0.25) is 0 Å². The number of benzene rings is 1. The highest BCUT2D eigenvalue weighted by molar-refractivity contribution is 6.36. The van der Waals surface area contributed by atoms with E-state index < -0.39 is 5.97 Å². The first kappa shape index (κ1) is 15.5. The van der Waals surface area contributed by atoms with Crippen LogP contribution in [0, 0.1) is 0 Å². The smallest absolute Gasteiger partial charge is 0.340 e. The Morgan fingerprint density at radius 3 is 2.83 bits per heavy atom. The lowest BCUT2D eigenvalue weighted by Crippen LogP contribution is -2.04. The molecule has 1 aromatic carbocycles. The van der Waals surface area contributed by atoms with Gasteiger partial charge in [-0.1, -0.05) is 28.4 Å². The van der Waals surface area contributed by atoms with E-state index in [0.717, 1.165) is 0 Å². The molecule has 2 aromatic heterocycles. The van der Waals surface area contributed by atoms with Gasteiger partial charge in [-0.3, -0.25) is 4.98 Å². The summed E-state index contributed by atoms with van der Waals surface area (Å²) in [5.41, 5.74) is 1.59. The molecule has 0 N–H and O–H groups in total. The van der Waals surface area contributed by atoms with E-state index in [1.54, 1.807) is 42.6 Å². The molecule has 23 heavy (non-hydrogen) atoms. The molecular weight excluding hydrogens is 339 g/mol. The number of esters is 1. The Morgan fingerprint density at radius 1 is 1.22 bits per heavy atom. The van der Waals surface area contributed by atoms with Crippen LogP contribution in [-0.2, 0) is 11.3 Å². The molecule has 0 fully saturated rings. The van der Waals surface area contributed by atoms with E-state index in [0.29, 0.717) is 32.6 Å². The van der Waals surface area contributed by atoms with Crippen molar-refractivity contribution in [3.63, 3.8) is 0 Å². The highest BCUT2D eigenvalue weighted by Crippen LogP contribution is 2.30. The lowest BCUT2D eigenvalue weighted by Gasteiger charge is -2.01. The zero-order valence-corrected chi connectivity index (χ0v) is 13.2. The summed E-state index contributed by atoms with van der Waals surface area (Å²) in [6, 6.07) is 10.0. The van der Waals surface area contributed by atoms with Gasteiger partial charge < -0.3 is 9.26 Å². The number of hydrogen-bond donors (Lipinski definition) is 0. The number of pyridine rings is 1. The molecule has 0 saturated heterocycles. The number of rotatable bonds is 4. The van der Waals surface area contributed by atoms with Gasteiger partial charge in [-0.2, -0.15) is 0 Å². The number of halogens is 2. The van der Waals surface area contributed by atoms with Crippen LogP contribution in [0.4, 0.5) is 0 Å². The summed E-state index contributed by atoms with van der Waals surface area (Å²) in [7, 11) is 0. The van der Waals surface area contributed by atoms with Gasteiger partial charge in [0.1, 0.15) is 5.69 Å². The van der Waals surface area contributed by atoms with Gasteiger partial charge in [0.25, 0.3) is 0 Å². The number of hydrogen-bond acceptors (Lipinski definition) is 5. The quantitative estimate of drug-likeness (QED) is 0.653. The van der Waals surface area contributed by atoms with Gasteiger partial charge in [-0.15, -0.1) is 0 Å². The van der Waals surface area contributed by atoms with Crippen molar-refractivity contribution in [2.75, 3.05) is 0 Å². The largest absolute Gasteiger partial charge is 0.454 e. The average Bonchev–Trinajstić information content (AvgIpc) is 3.02. The second-order valence-electron chi connectivity index (χ2n) is 4.62. The molecule has 116 valence electrons. The predicted octanol–water partition coefficient (Wildman–Crippen LogP) is 4.40. The third-order valence-corrected chi connectivity index (χ3v) is 3.56. The summed E-state index contributed by atoms with van der Waals surface area (Å²) in [6.07, 6.45) is 3.01. The third-order valence-electron chi connectivity index (χ3n) is 3.01. The maximum Gasteiger partial charge on any atom is 0.340 e. The second kappa shape index (κ2) is 6.81. The maximum atomic E-state index is 11.8. The minimum absolute atomic E-state index is 0.0358. The molecule has 2 heterocycles. The highest BCUT2D eigenvalue weighted by Gasteiger charge is 2.13. The molecule has 0 unspecified atom stereocenters. The number of nitrogens with zero attached hydrogens (tertiary/aromatic N) is 2. The fraction of sp³-hybridized carbons (Fsp3) is 0.0625. The van der Waals surface area contributed by atoms with Crippen molar-refractivity contribution < 1.29 is 14.1 Å². The maximum absolute atomic E-state index is 11.8. The number of aromatic nitrogens is 2. The minimum Gasteiger partial charge on any atom is -0.454 e. The Morgan fingerprint density at radius 2 is 2.09 bits per heavy atom. The van der Waals surface area contributed by atoms with E-state index in [1.165, 1.54) is 6.20 Å². The summed E-state index contributed by atoms with van der Waals surface area (Å²) in [5.74, 6) is -0.0798. The molecular formula is C16H10Cl2N2O3. The summed E-state index contributed by atoms with van der Waals surface area (Å²) in [4.78, 5) is 15.7. The lowest BCUT2D eigenvalue weighted by molar-refractivity contribution is 0.0437. The standard InChI is InChI=1S/C16H10Cl2N2O3/c17-11-3-4-13(14(18)6-11)15-7-12(23-20-15)9-22-16(21)10-2-1-5-19-8-10/h1-8H,9H2. The van der Waals surface area contributed by atoms with Gasteiger partial charge in [0, 0.05) is 29.0 Å². The van der Waals surface area contributed by atoms with E-state index in [-0.39, 0.29) is 6.61 Å². The summed E-state index contributed by atoms with van der Waals surface area (Å²) < 4.78 is 10.3. The fourth-order valence-electron chi connectivity index (χ4n) is 1.91. The first-order valence-electron chi connectivity index (χ1n) is 6.61. The van der Waals surface area contributed by atoms with Crippen LogP contribution >= 0.6 is 23.2 Å². The Bertz CT molecular complexity index is 834. The first-order chi connectivity index (χ1) is 11.1. The van der Waals surface area contributed by atoms with Gasteiger partial charge in [-0.05, 0) is 30.3 Å². The van der Waals surface area contributed by atoms with E-state index in [2.05, 4.69) is 10.1 Å². The van der Waals surface area contributed by atoms with Crippen LogP contribution in [0.1, 0.15) is 16.1 Å². The van der Waals surface area contributed by atoms with Gasteiger partial charge in [0.05, 0.1) is 10.6 Å². The van der Waals surface area contributed by atoms with Crippen molar-refractivity contribution in [1.82, 2.24) is 10.1 Å². The van der Waals surface area contributed by atoms with E-state index in [9.17, 15) is 4.79 Å². The minimum atomic E-state index is -0.486. The predicted molar refractivity (Wildman–Crippen MR) is 85.3 cm³/mol. The third kappa shape index (κ3) is 3.70. The molecule has 0 saturated carbocycles. The highest BCUT2D eigenvalue weighted by atomic mass is 35.5. The number of carbonyl (C=O) groups is 1. The zero-order chi connectivity index (χ0) is 16.2. The van der Waals surface area contributed by atoms with Gasteiger partial charge >= 0.3 is 5.97 Å². The van der Waals surface area contributed by atoms with Gasteiger partial charge in [0.15, 0.2) is 12.4 Å². The molecule has 0 aliphatic rings. The molecule has 3 aromatic rings. The normalized spacial score (nSPS) is 10.5. The van der Waals surface area contributed by atoms with E-state index >= 15 is 0 Å². The van der Waals surface area contributed by atoms with Gasteiger partial charge in [-0.25, -0.2) is 4.79 Å². The van der Waals surface area contributed by atoms with Crippen LogP contribution in [0.3, 0.4) is 0 Å². The van der Waals surface area contributed by atoms with Crippen molar-refractivity contribution >= 4 is 29.2 Å². The molecule has 0 aliphatic heterocycles. The monoisotopic (exact) mass is 348 g/mol. The van der Waals surface area contributed by atoms with Crippen LogP contribution in [-0.4, -0.2) is 16.1 Å². The molecule has 0 atom stereocenters. The zero-order valence-electron chi connectivity index (χ0n) is 11.7. The Kier molecular flexibility index (Phi) is 4.60. The molecule has 0 spiro atoms. The van der Waals surface area contributed by atoms with Crippen molar-refractivity contribution in [1.29, 1.82) is 0 Å². The topological polar surface area (TPSA) is 65.2 Å². The molecule has 0 bridgehead atoms. The number of ether oxygens (including phenoxy) is 1. The molecule has 0 amide bonds. The van der Waals surface area contributed by atoms with Crippen molar-refractivity contribution in [2.24, 2.45) is 0 Å². The SMILES string of the molecule is O=C(OCc1cc(-c2ccc(Cl)cc2Cl)no1)c1cccnc1. The molecule has 7 heteroatoms. The van der Waals surface area contributed by atoms with Crippen LogP contribution in [0.2, 0.25) is 10.0 Å². The van der Waals surface area contributed by atoms with Crippen molar-refractivity contribution in [3.8, 4) is 11.3 Å². The van der Waals surface area contributed by atoms with Crippen LogP contribution in [0.25, 0.3) is 11.3 Å². The summed E-state index contributed by atoms with van der Waals surface area (Å²) in [5, 5.41) is 4.92. The first-order valence-corrected chi connectivity index (χ1v) is 7.37. The van der Waals surface area contributed by atoms with Crippen LogP contribution in [0.5, 0.6) is 0 Å². The Labute approximate surface area is 141 Å². The Hall–Kier alpha value is -2.37. The van der Waals surface area contributed by atoms with Crippen molar-refractivity contribution in [2.45, 2.75) is 6.61 Å². The lowest BCUT2D eigenvalue weighted by atomic mass is 10.1. The molecule has 3 rings (SSSR count). The molecule has 5 nitrogen and oxygen atoms in total. The summed E-state index contributed by atoms with van der Waals surface area (Å²) in [6.45, 7) is -0.0358. The van der Waals surface area contributed by atoms with E-state index in [4.69, 9.17) is 32.5 Å². The second-order valence-corrected chi connectivity index (χ2v) is 5.46. The van der Waals surface area contributed by atoms with Crippen molar-refractivity contribution in [3.05, 3.63) is 70.2 Å². The van der Waals surface area contributed by atoms with Crippen LogP contribution < -0.4 is 0 Å². The molecule has 0 aliphatic carbocycles. The van der Waals surface area contributed by atoms with Crippen LogP contribution in [0.15, 0.2) is 53.3 Å². The van der Waals surface area contributed by atoms with E-state index in [1.807, 2.05) is 0 Å². The average molecular weight is 349 g/mol. The molecule has 0 radical (unpaired) electrons.